The molecule has 2 rings (SSSR count). The Morgan fingerprint density at radius 2 is 1.85 bits per heavy atom. The van der Waals surface area contributed by atoms with Crippen molar-refractivity contribution in [3.8, 4) is 5.75 Å². The molecule has 1 fully saturated rings. The summed E-state index contributed by atoms with van der Waals surface area (Å²) >= 11 is 0. The molecule has 0 bridgehead atoms. The van der Waals surface area contributed by atoms with Crippen molar-refractivity contribution >= 4 is 5.96 Å². The second-order valence-corrected chi connectivity index (χ2v) is 5.34. The Morgan fingerprint density at radius 1 is 1.20 bits per heavy atom. The molecule has 110 valence electrons. The highest BCUT2D eigenvalue weighted by Crippen LogP contribution is 2.15. The van der Waals surface area contributed by atoms with Gasteiger partial charge in [-0.15, -0.1) is 0 Å². The summed E-state index contributed by atoms with van der Waals surface area (Å²) in [6.07, 6.45) is 2.53. The number of nitrogens with one attached hydrogen (secondary N) is 1. The third kappa shape index (κ3) is 4.15. The Morgan fingerprint density at radius 3 is 2.45 bits per heavy atom. The summed E-state index contributed by atoms with van der Waals surface area (Å²) in [5.41, 5.74) is 2.47. The van der Waals surface area contributed by atoms with E-state index in [2.05, 4.69) is 47.3 Å². The number of nitrogens with zero attached hydrogens (tertiary/aromatic N) is 2. The van der Waals surface area contributed by atoms with Crippen molar-refractivity contribution in [3.05, 3.63) is 29.3 Å². The molecule has 1 aromatic rings. The molecule has 0 radical (unpaired) electrons. The number of guanidine groups is 1. The summed E-state index contributed by atoms with van der Waals surface area (Å²) in [5.74, 6) is 1.94. The molecule has 20 heavy (non-hydrogen) atoms. The van der Waals surface area contributed by atoms with E-state index in [1.807, 2.05) is 7.05 Å². The van der Waals surface area contributed by atoms with Gasteiger partial charge in [0.05, 0.1) is 6.54 Å². The first kappa shape index (κ1) is 14.7. The van der Waals surface area contributed by atoms with E-state index in [4.69, 9.17) is 4.74 Å². The molecule has 1 saturated heterocycles. The molecule has 1 aliphatic heterocycles. The van der Waals surface area contributed by atoms with E-state index >= 15 is 0 Å². The second-order valence-electron chi connectivity index (χ2n) is 5.34. The standard InChI is InChI=1S/C16H25N3O/c1-13-10-14(2)12-15(11-13)20-9-6-18-16(17-3)19-7-4-5-8-19/h10-12H,4-9H2,1-3H3,(H,17,18). The van der Waals surface area contributed by atoms with Gasteiger partial charge >= 0.3 is 0 Å². The van der Waals surface area contributed by atoms with E-state index in [9.17, 15) is 0 Å². The zero-order valence-electron chi connectivity index (χ0n) is 12.8. The first-order valence-corrected chi connectivity index (χ1v) is 7.36. The van der Waals surface area contributed by atoms with Crippen molar-refractivity contribution in [3.63, 3.8) is 0 Å². The molecule has 0 unspecified atom stereocenters. The van der Waals surface area contributed by atoms with Crippen molar-refractivity contribution < 1.29 is 4.74 Å². The van der Waals surface area contributed by atoms with Crippen LogP contribution in [-0.4, -0.2) is 44.1 Å². The normalized spacial score (nSPS) is 15.6. The Bertz CT molecular complexity index is 445. The van der Waals surface area contributed by atoms with Gasteiger partial charge in [0.15, 0.2) is 5.96 Å². The number of rotatable bonds is 4. The van der Waals surface area contributed by atoms with Gasteiger partial charge in [0, 0.05) is 20.1 Å². The molecular formula is C16H25N3O. The molecule has 0 spiro atoms. The summed E-state index contributed by atoms with van der Waals surface area (Å²) in [4.78, 5) is 6.62. The third-order valence-electron chi connectivity index (χ3n) is 3.47. The molecule has 0 amide bonds. The summed E-state index contributed by atoms with van der Waals surface area (Å²) < 4.78 is 5.79. The first-order chi connectivity index (χ1) is 9.69. The number of hydrogen-bond donors (Lipinski definition) is 1. The Hall–Kier alpha value is -1.71. The molecule has 1 aromatic carbocycles. The highest BCUT2D eigenvalue weighted by Gasteiger charge is 2.14. The van der Waals surface area contributed by atoms with E-state index in [0.29, 0.717) is 6.61 Å². The fraction of sp³-hybridized carbons (Fsp3) is 0.562. The van der Waals surface area contributed by atoms with Crippen LogP contribution in [0.2, 0.25) is 0 Å². The van der Waals surface area contributed by atoms with Crippen LogP contribution in [0.5, 0.6) is 5.75 Å². The maximum atomic E-state index is 5.79. The lowest BCUT2D eigenvalue weighted by atomic mass is 10.1. The quantitative estimate of drug-likeness (QED) is 0.520. The molecule has 0 saturated carbocycles. The van der Waals surface area contributed by atoms with E-state index in [1.165, 1.54) is 24.0 Å². The first-order valence-electron chi connectivity index (χ1n) is 7.36. The summed E-state index contributed by atoms with van der Waals surface area (Å²) in [6.45, 7) is 7.82. The van der Waals surface area contributed by atoms with Crippen molar-refractivity contribution in [1.82, 2.24) is 10.2 Å². The SMILES string of the molecule is CN=C(NCCOc1cc(C)cc(C)c1)N1CCCC1. The largest absolute Gasteiger partial charge is 0.492 e. The smallest absolute Gasteiger partial charge is 0.193 e. The average Bonchev–Trinajstić information content (AvgIpc) is 2.91. The molecule has 4 nitrogen and oxygen atoms in total. The maximum absolute atomic E-state index is 5.79. The number of aryl methyl sites for hydroxylation is 2. The lowest BCUT2D eigenvalue weighted by Gasteiger charge is -2.20. The predicted molar refractivity (Wildman–Crippen MR) is 83.6 cm³/mol. The molecule has 0 aromatic heterocycles. The lowest BCUT2D eigenvalue weighted by molar-refractivity contribution is 0.319. The van der Waals surface area contributed by atoms with Crippen LogP contribution in [0, 0.1) is 13.8 Å². The minimum absolute atomic E-state index is 0.649. The fourth-order valence-corrected chi connectivity index (χ4v) is 2.61. The molecular weight excluding hydrogens is 250 g/mol. The Balaban J connectivity index is 1.75. The van der Waals surface area contributed by atoms with Crippen LogP contribution >= 0.6 is 0 Å². The van der Waals surface area contributed by atoms with Gasteiger partial charge in [-0.3, -0.25) is 4.99 Å². The second kappa shape index (κ2) is 7.17. The van der Waals surface area contributed by atoms with Crippen LogP contribution in [0.25, 0.3) is 0 Å². The van der Waals surface area contributed by atoms with Crippen molar-refractivity contribution in [2.45, 2.75) is 26.7 Å². The minimum atomic E-state index is 0.649. The van der Waals surface area contributed by atoms with Crippen molar-refractivity contribution in [2.24, 2.45) is 4.99 Å². The van der Waals surface area contributed by atoms with Gasteiger partial charge in [0.2, 0.25) is 0 Å². The molecule has 0 atom stereocenters. The molecule has 1 aliphatic rings. The van der Waals surface area contributed by atoms with Crippen molar-refractivity contribution in [2.75, 3.05) is 33.3 Å². The fourth-order valence-electron chi connectivity index (χ4n) is 2.61. The lowest BCUT2D eigenvalue weighted by Crippen LogP contribution is -2.41. The topological polar surface area (TPSA) is 36.9 Å². The zero-order chi connectivity index (χ0) is 14.4. The number of benzene rings is 1. The van der Waals surface area contributed by atoms with Gasteiger partial charge in [-0.25, -0.2) is 0 Å². The summed E-state index contributed by atoms with van der Waals surface area (Å²) in [7, 11) is 1.84. The van der Waals surface area contributed by atoms with Crippen molar-refractivity contribution in [1.29, 1.82) is 0 Å². The predicted octanol–water partition coefficient (Wildman–Crippen LogP) is 2.35. The van der Waals surface area contributed by atoms with Crippen LogP contribution in [0.1, 0.15) is 24.0 Å². The van der Waals surface area contributed by atoms with Crippen LogP contribution in [0.4, 0.5) is 0 Å². The summed E-state index contributed by atoms with van der Waals surface area (Å²) in [6, 6.07) is 6.30. The van der Waals surface area contributed by atoms with E-state index < -0.39 is 0 Å². The van der Waals surface area contributed by atoms with E-state index in [0.717, 1.165) is 31.3 Å². The van der Waals surface area contributed by atoms with Gasteiger partial charge in [-0.1, -0.05) is 6.07 Å². The van der Waals surface area contributed by atoms with Crippen LogP contribution < -0.4 is 10.1 Å². The molecule has 0 aliphatic carbocycles. The van der Waals surface area contributed by atoms with Gasteiger partial charge in [-0.2, -0.15) is 0 Å². The third-order valence-corrected chi connectivity index (χ3v) is 3.47. The van der Waals surface area contributed by atoms with Crippen LogP contribution in [0.3, 0.4) is 0 Å². The Kier molecular flexibility index (Phi) is 5.27. The highest BCUT2D eigenvalue weighted by atomic mass is 16.5. The van der Waals surface area contributed by atoms with Gasteiger partial charge in [-0.05, 0) is 49.9 Å². The van der Waals surface area contributed by atoms with Gasteiger partial charge < -0.3 is 15.0 Å². The number of likely N-dealkylation sites (tertiary alicyclic amines) is 1. The highest BCUT2D eigenvalue weighted by molar-refractivity contribution is 5.80. The van der Waals surface area contributed by atoms with Gasteiger partial charge in [0.25, 0.3) is 0 Å². The minimum Gasteiger partial charge on any atom is -0.492 e. The number of aliphatic imine (C=N–C) groups is 1. The van der Waals surface area contributed by atoms with Crippen LogP contribution in [-0.2, 0) is 0 Å². The maximum Gasteiger partial charge on any atom is 0.193 e. The molecule has 1 heterocycles. The summed E-state index contributed by atoms with van der Waals surface area (Å²) in [5, 5.41) is 3.36. The Labute approximate surface area is 121 Å². The molecule has 4 heteroatoms. The van der Waals surface area contributed by atoms with E-state index in [-0.39, 0.29) is 0 Å². The van der Waals surface area contributed by atoms with E-state index in [1.54, 1.807) is 0 Å². The average molecular weight is 275 g/mol. The number of ether oxygens (including phenoxy) is 1. The number of hydrogen-bond acceptors (Lipinski definition) is 2. The van der Waals surface area contributed by atoms with Crippen LogP contribution in [0.15, 0.2) is 23.2 Å². The zero-order valence-corrected chi connectivity index (χ0v) is 12.8. The molecule has 1 N–H and O–H groups in total. The monoisotopic (exact) mass is 275 g/mol. The van der Waals surface area contributed by atoms with Gasteiger partial charge in [0.1, 0.15) is 12.4 Å².